The Morgan fingerprint density at radius 1 is 0.571 bits per heavy atom. The van der Waals surface area contributed by atoms with Crippen molar-refractivity contribution in [2.45, 2.75) is 110 Å². The van der Waals surface area contributed by atoms with Crippen LogP contribution in [-0.4, -0.2) is 75.5 Å². The molecule has 0 radical (unpaired) electrons. The Bertz CT molecular complexity index is 840. The van der Waals surface area contributed by atoms with Crippen molar-refractivity contribution >= 4 is 17.8 Å². The minimum Gasteiger partial charge on any atom is -0.463 e. The van der Waals surface area contributed by atoms with Gasteiger partial charge in [0.25, 0.3) is 11.8 Å². The van der Waals surface area contributed by atoms with Crippen molar-refractivity contribution in [3.63, 3.8) is 0 Å². The molecule has 0 spiro atoms. The average Bonchev–Trinajstić information content (AvgIpc) is 3.24. The Morgan fingerprint density at radius 3 is 1.45 bits per heavy atom. The maximum atomic E-state index is 12.3. The van der Waals surface area contributed by atoms with Crippen molar-refractivity contribution in [2.75, 3.05) is 52.8 Å². The molecular formula is C34H55NO7. The molecule has 1 aromatic rings. The van der Waals surface area contributed by atoms with Gasteiger partial charge in [0.1, 0.15) is 6.61 Å². The molecule has 0 aromatic heterocycles. The molecule has 238 valence electrons. The number of fused-ring (bicyclic) bond motifs is 1. The second-order valence-electron chi connectivity index (χ2n) is 11.1. The third-order valence-electron chi connectivity index (χ3n) is 7.56. The standard InChI is InChI=1S/C34H55NO7/c1-2-3-4-5-6-7-8-9-10-11-12-13-14-15-16-21-32(36)42-29-28-41-27-26-40-25-24-39-23-22-35-33(37)30-19-17-18-20-31(30)34(35)38/h17-20H,2-16,21-29H2,1H3. The Kier molecular flexibility index (Phi) is 20.7. The van der Waals surface area contributed by atoms with Crippen molar-refractivity contribution < 1.29 is 33.3 Å². The van der Waals surface area contributed by atoms with Gasteiger partial charge in [0.05, 0.1) is 57.3 Å². The molecule has 1 aromatic carbocycles. The van der Waals surface area contributed by atoms with Crippen LogP contribution in [0.25, 0.3) is 0 Å². The molecule has 0 atom stereocenters. The molecule has 8 nitrogen and oxygen atoms in total. The predicted octanol–water partition coefficient (Wildman–Crippen LogP) is 7.14. The lowest BCUT2D eigenvalue weighted by Crippen LogP contribution is -2.33. The van der Waals surface area contributed by atoms with E-state index in [1.165, 1.54) is 88.4 Å². The summed E-state index contributed by atoms with van der Waals surface area (Å²) in [5.41, 5.74) is 0.890. The van der Waals surface area contributed by atoms with Gasteiger partial charge in [-0.05, 0) is 18.6 Å². The third-order valence-corrected chi connectivity index (χ3v) is 7.56. The van der Waals surface area contributed by atoms with Crippen LogP contribution in [0.15, 0.2) is 24.3 Å². The summed E-state index contributed by atoms with van der Waals surface area (Å²) in [6.07, 6.45) is 20.1. The van der Waals surface area contributed by atoms with E-state index in [1.807, 2.05) is 0 Å². The Balaban J connectivity index is 1.26. The molecule has 1 aliphatic rings. The monoisotopic (exact) mass is 589 g/mol. The fourth-order valence-electron chi connectivity index (χ4n) is 5.07. The molecule has 2 rings (SSSR count). The van der Waals surface area contributed by atoms with Crippen LogP contribution in [0.5, 0.6) is 0 Å². The zero-order valence-electron chi connectivity index (χ0n) is 26.1. The lowest BCUT2D eigenvalue weighted by Gasteiger charge is -2.13. The van der Waals surface area contributed by atoms with E-state index in [4.69, 9.17) is 18.9 Å². The Labute approximate surface area is 253 Å². The third kappa shape index (κ3) is 15.8. The van der Waals surface area contributed by atoms with Crippen LogP contribution >= 0.6 is 0 Å². The molecule has 0 N–H and O–H groups in total. The van der Waals surface area contributed by atoms with E-state index in [0.717, 1.165) is 12.8 Å². The van der Waals surface area contributed by atoms with Gasteiger partial charge in [-0.25, -0.2) is 0 Å². The molecule has 0 saturated heterocycles. The fourth-order valence-corrected chi connectivity index (χ4v) is 5.07. The summed E-state index contributed by atoms with van der Waals surface area (Å²) < 4.78 is 21.6. The smallest absolute Gasteiger partial charge is 0.305 e. The minimum absolute atomic E-state index is 0.150. The summed E-state index contributed by atoms with van der Waals surface area (Å²) in [4.78, 5) is 37.7. The zero-order valence-corrected chi connectivity index (χ0v) is 26.1. The number of ether oxygens (including phenoxy) is 4. The van der Waals surface area contributed by atoms with Crippen molar-refractivity contribution in [1.82, 2.24) is 4.90 Å². The molecular weight excluding hydrogens is 534 g/mol. The van der Waals surface area contributed by atoms with Gasteiger partial charge < -0.3 is 18.9 Å². The first-order valence-corrected chi connectivity index (χ1v) is 16.5. The van der Waals surface area contributed by atoms with Gasteiger partial charge in [-0.1, -0.05) is 109 Å². The molecule has 42 heavy (non-hydrogen) atoms. The summed E-state index contributed by atoms with van der Waals surface area (Å²) >= 11 is 0. The van der Waals surface area contributed by atoms with E-state index < -0.39 is 0 Å². The van der Waals surface area contributed by atoms with E-state index >= 15 is 0 Å². The van der Waals surface area contributed by atoms with Gasteiger partial charge in [0, 0.05) is 6.42 Å². The topological polar surface area (TPSA) is 91.4 Å². The maximum Gasteiger partial charge on any atom is 0.305 e. The van der Waals surface area contributed by atoms with Crippen LogP contribution in [0.3, 0.4) is 0 Å². The molecule has 1 heterocycles. The van der Waals surface area contributed by atoms with Crippen LogP contribution in [0.2, 0.25) is 0 Å². The highest BCUT2D eigenvalue weighted by atomic mass is 16.6. The molecule has 0 fully saturated rings. The van der Waals surface area contributed by atoms with Gasteiger partial charge in [-0.2, -0.15) is 0 Å². The highest BCUT2D eigenvalue weighted by Crippen LogP contribution is 2.22. The summed E-state index contributed by atoms with van der Waals surface area (Å²) in [5.74, 6) is -0.700. The number of rotatable bonds is 28. The summed E-state index contributed by atoms with van der Waals surface area (Å²) in [6, 6.07) is 6.83. The SMILES string of the molecule is CCCCCCCCCCCCCCCCCC(=O)OCCOCCOCCOCCN1C(=O)c2ccccc2C1=O. The highest BCUT2D eigenvalue weighted by molar-refractivity contribution is 6.21. The summed E-state index contributed by atoms with van der Waals surface area (Å²) in [5, 5.41) is 0. The van der Waals surface area contributed by atoms with Crippen molar-refractivity contribution in [3.05, 3.63) is 35.4 Å². The number of hydrogen-bond acceptors (Lipinski definition) is 7. The van der Waals surface area contributed by atoms with Crippen molar-refractivity contribution in [3.8, 4) is 0 Å². The molecule has 0 aliphatic carbocycles. The second-order valence-corrected chi connectivity index (χ2v) is 11.1. The van der Waals surface area contributed by atoms with Gasteiger partial charge in [-0.3, -0.25) is 19.3 Å². The number of amides is 2. The van der Waals surface area contributed by atoms with Crippen molar-refractivity contribution in [2.24, 2.45) is 0 Å². The molecule has 0 unspecified atom stereocenters. The Morgan fingerprint density at radius 2 is 0.976 bits per heavy atom. The van der Waals surface area contributed by atoms with Crippen LogP contribution in [0.4, 0.5) is 0 Å². The lowest BCUT2D eigenvalue weighted by atomic mass is 10.0. The number of unbranched alkanes of at least 4 members (excludes halogenated alkanes) is 14. The molecule has 8 heteroatoms. The highest BCUT2D eigenvalue weighted by Gasteiger charge is 2.34. The van der Waals surface area contributed by atoms with Crippen LogP contribution in [0.1, 0.15) is 130 Å². The van der Waals surface area contributed by atoms with Gasteiger partial charge >= 0.3 is 5.97 Å². The van der Waals surface area contributed by atoms with E-state index in [0.29, 0.717) is 50.6 Å². The predicted molar refractivity (Wildman–Crippen MR) is 165 cm³/mol. The first kappa shape index (κ1) is 35.9. The van der Waals surface area contributed by atoms with Crippen LogP contribution in [-0.2, 0) is 23.7 Å². The van der Waals surface area contributed by atoms with Gasteiger partial charge in [0.2, 0.25) is 0 Å². The number of nitrogens with zero attached hydrogens (tertiary/aromatic N) is 1. The summed E-state index contributed by atoms with van der Waals surface area (Å²) in [7, 11) is 0. The van der Waals surface area contributed by atoms with E-state index in [1.54, 1.807) is 24.3 Å². The van der Waals surface area contributed by atoms with Gasteiger partial charge in [0.15, 0.2) is 0 Å². The fraction of sp³-hybridized carbons (Fsp3) is 0.735. The number of esters is 1. The van der Waals surface area contributed by atoms with E-state index in [2.05, 4.69) is 6.92 Å². The number of hydrogen-bond donors (Lipinski definition) is 0. The van der Waals surface area contributed by atoms with Gasteiger partial charge in [-0.15, -0.1) is 0 Å². The number of carbonyl (C=O) groups is 3. The molecule has 0 saturated carbocycles. The van der Waals surface area contributed by atoms with E-state index in [9.17, 15) is 14.4 Å². The molecule has 2 amide bonds. The minimum atomic E-state index is -0.275. The number of benzene rings is 1. The lowest BCUT2D eigenvalue weighted by molar-refractivity contribution is -0.145. The molecule has 1 aliphatic heterocycles. The summed E-state index contributed by atoms with van der Waals surface area (Å²) in [6.45, 7) is 4.93. The normalized spacial score (nSPS) is 12.7. The number of imide groups is 1. The van der Waals surface area contributed by atoms with Crippen LogP contribution in [0, 0.1) is 0 Å². The van der Waals surface area contributed by atoms with E-state index in [-0.39, 0.29) is 37.5 Å². The second kappa shape index (κ2) is 24.2. The first-order valence-electron chi connectivity index (χ1n) is 16.5. The first-order chi connectivity index (χ1) is 20.6. The maximum absolute atomic E-state index is 12.3. The van der Waals surface area contributed by atoms with Crippen molar-refractivity contribution in [1.29, 1.82) is 0 Å². The zero-order chi connectivity index (χ0) is 30.1. The Hall–Kier alpha value is -2.29. The number of carbonyl (C=O) groups excluding carboxylic acids is 3. The van der Waals surface area contributed by atoms with Crippen LogP contribution < -0.4 is 0 Å². The quantitative estimate of drug-likeness (QED) is 0.0583. The average molecular weight is 590 g/mol. The molecule has 0 bridgehead atoms. The largest absolute Gasteiger partial charge is 0.463 e.